The molecule has 0 rings (SSSR count). The van der Waals surface area contributed by atoms with E-state index in [1.807, 2.05) is 0 Å². The molecule has 0 aliphatic rings. The fraction of sp³-hybridized carbons (Fsp3) is 0.875. The summed E-state index contributed by atoms with van der Waals surface area (Å²) in [7, 11) is 0. The van der Waals surface area contributed by atoms with Crippen molar-refractivity contribution in [2.24, 2.45) is 0 Å². The van der Waals surface area contributed by atoms with Gasteiger partial charge in [0, 0.05) is 21.5 Å². The maximum atomic E-state index is 11.5. The third-order valence-corrected chi connectivity index (χ3v) is 0.565. The number of rotatable bonds is 5. The van der Waals surface area contributed by atoms with Gasteiger partial charge in [-0.2, -0.15) is 0 Å². The maximum Gasteiger partial charge on any atom is 0.305 e. The molecule has 0 bridgehead atoms. The Hall–Kier alpha value is -0.530. The van der Waals surface area contributed by atoms with E-state index in [2.05, 4.69) is 4.74 Å². The first kappa shape index (κ1) is 1.79. The summed E-state index contributed by atoms with van der Waals surface area (Å²) in [5.41, 5.74) is 0. The lowest BCUT2D eigenvalue weighted by molar-refractivity contribution is -0.143. The molecule has 0 N–H and O–H groups in total. The van der Waals surface area contributed by atoms with Gasteiger partial charge in [-0.15, -0.1) is 0 Å². The molecular weight excluding hydrogens is 128 g/mol. The number of carbonyl (C=O) groups excluding carboxylic acids is 1. The standard InChI is InChI=1S/C8H16O2/c1-3-5-6-7-8(9)10-4-2/h3-7H2,1-2H3/i1D3,3D2,5D2,6D2,7D2. The summed E-state index contributed by atoms with van der Waals surface area (Å²) >= 11 is 0. The Morgan fingerprint density at radius 1 is 1.70 bits per heavy atom. The van der Waals surface area contributed by atoms with Crippen molar-refractivity contribution in [3.63, 3.8) is 0 Å². The zero-order chi connectivity index (χ0) is 17.5. The molecule has 0 aromatic carbocycles. The summed E-state index contributed by atoms with van der Waals surface area (Å²) in [4.78, 5) is 11.5. The Balaban J connectivity index is 5.94. The van der Waals surface area contributed by atoms with Crippen LogP contribution in [-0.4, -0.2) is 12.6 Å². The monoisotopic (exact) mass is 155 g/mol. The predicted molar refractivity (Wildman–Crippen MR) is 40.8 cm³/mol. The van der Waals surface area contributed by atoms with E-state index in [1.54, 1.807) is 0 Å². The van der Waals surface area contributed by atoms with Crippen molar-refractivity contribution >= 4 is 5.97 Å². The SMILES string of the molecule is [2H]C([2H])([2H])C([2H])([2H])C([2H])([2H])C([2H])([2H])C([2H])([2H])C(=O)OCC. The largest absolute Gasteiger partial charge is 0.466 e. The lowest BCUT2D eigenvalue weighted by atomic mass is 10.2. The van der Waals surface area contributed by atoms with E-state index in [4.69, 9.17) is 15.1 Å². The second kappa shape index (κ2) is 6.59. The summed E-state index contributed by atoms with van der Waals surface area (Å²) in [6.07, 6.45) is -14.9. The smallest absolute Gasteiger partial charge is 0.305 e. The molecule has 0 saturated heterocycles. The molecular formula is C8H16O2. The van der Waals surface area contributed by atoms with Crippen LogP contribution >= 0.6 is 0 Å². The first-order chi connectivity index (χ1) is 8.98. The fourth-order valence-corrected chi connectivity index (χ4v) is 0.281. The van der Waals surface area contributed by atoms with E-state index < -0.39 is 38.3 Å². The minimum Gasteiger partial charge on any atom is -0.466 e. The molecule has 0 atom stereocenters. The van der Waals surface area contributed by atoms with E-state index in [0.29, 0.717) is 0 Å². The molecule has 0 fully saturated rings. The van der Waals surface area contributed by atoms with Crippen LogP contribution in [0.1, 0.15) is 54.3 Å². The second-order valence-corrected chi connectivity index (χ2v) is 1.22. The van der Waals surface area contributed by atoms with Crippen molar-refractivity contribution < 1.29 is 24.6 Å². The predicted octanol–water partition coefficient (Wildman–Crippen LogP) is 2.13. The summed E-state index contributed by atoms with van der Waals surface area (Å²) in [5.74, 6) is -1.74. The van der Waals surface area contributed by atoms with Gasteiger partial charge in [0.1, 0.15) is 0 Å². The van der Waals surface area contributed by atoms with Crippen molar-refractivity contribution in [2.45, 2.75) is 39.3 Å². The fourth-order valence-electron chi connectivity index (χ4n) is 0.281. The molecule has 0 aliphatic heterocycles. The van der Waals surface area contributed by atoms with E-state index in [0.717, 1.165) is 0 Å². The molecule has 0 aliphatic carbocycles. The van der Waals surface area contributed by atoms with Gasteiger partial charge in [0.05, 0.1) is 6.61 Å². The average Bonchev–Trinajstić information content (AvgIpc) is 2.26. The molecule has 60 valence electrons. The van der Waals surface area contributed by atoms with Crippen molar-refractivity contribution in [2.75, 3.05) is 6.61 Å². The molecule has 0 saturated carbocycles. The van der Waals surface area contributed by atoms with E-state index in [1.165, 1.54) is 6.92 Å². The summed E-state index contributed by atoms with van der Waals surface area (Å²) < 4.78 is 84.7. The van der Waals surface area contributed by atoms with Crippen LogP contribution in [0.4, 0.5) is 0 Å². The lowest BCUT2D eigenvalue weighted by Crippen LogP contribution is -2.02. The summed E-state index contributed by atoms with van der Waals surface area (Å²) in [5, 5.41) is 0. The van der Waals surface area contributed by atoms with Gasteiger partial charge in [-0.1, -0.05) is 19.6 Å². The minimum absolute atomic E-state index is 0.302. The van der Waals surface area contributed by atoms with E-state index in [-0.39, 0.29) is 6.61 Å². The highest BCUT2D eigenvalue weighted by atomic mass is 16.5. The molecule has 0 heterocycles. The first-order valence-corrected chi connectivity index (χ1v) is 2.65. The van der Waals surface area contributed by atoms with Crippen LogP contribution in [-0.2, 0) is 9.53 Å². The van der Waals surface area contributed by atoms with Crippen LogP contribution in [0.5, 0.6) is 0 Å². The molecule has 2 heteroatoms. The highest BCUT2D eigenvalue weighted by Gasteiger charge is 1.98. The number of carbonyl (C=O) groups is 1. The molecule has 2 nitrogen and oxygen atoms in total. The van der Waals surface area contributed by atoms with Crippen LogP contribution in [0.3, 0.4) is 0 Å². The Bertz CT molecular complexity index is 398. The first-order valence-electron chi connectivity index (χ1n) is 8.15. The van der Waals surface area contributed by atoms with Gasteiger partial charge < -0.3 is 4.74 Å². The summed E-state index contributed by atoms with van der Waals surface area (Å²) in [6, 6.07) is 0. The van der Waals surface area contributed by atoms with Crippen molar-refractivity contribution in [1.82, 2.24) is 0 Å². The zero-order valence-corrected chi connectivity index (χ0v) is 5.52. The van der Waals surface area contributed by atoms with Gasteiger partial charge in [-0.05, 0) is 13.3 Å². The number of hydrogen-bond acceptors (Lipinski definition) is 2. The van der Waals surface area contributed by atoms with E-state index in [9.17, 15) is 4.79 Å². The Labute approximate surface area is 78.0 Å². The second-order valence-electron chi connectivity index (χ2n) is 1.22. The number of ether oxygens (including phenoxy) is 1. The Morgan fingerprint density at radius 2 is 2.50 bits per heavy atom. The topological polar surface area (TPSA) is 26.3 Å². The van der Waals surface area contributed by atoms with Crippen LogP contribution < -0.4 is 0 Å². The van der Waals surface area contributed by atoms with Crippen molar-refractivity contribution in [1.29, 1.82) is 0 Å². The molecule has 0 unspecified atom stereocenters. The Kier molecular flexibility index (Phi) is 1.18. The van der Waals surface area contributed by atoms with Crippen LogP contribution in [0.15, 0.2) is 0 Å². The van der Waals surface area contributed by atoms with Gasteiger partial charge in [-0.25, -0.2) is 0 Å². The number of hydrogen-bond donors (Lipinski definition) is 0. The highest BCUT2D eigenvalue weighted by molar-refractivity contribution is 5.69. The van der Waals surface area contributed by atoms with E-state index >= 15 is 0 Å². The molecule has 0 radical (unpaired) electrons. The molecule has 0 aromatic rings. The maximum absolute atomic E-state index is 11.5. The van der Waals surface area contributed by atoms with Gasteiger partial charge >= 0.3 is 5.97 Å². The van der Waals surface area contributed by atoms with Crippen molar-refractivity contribution in [3.05, 3.63) is 0 Å². The van der Waals surface area contributed by atoms with Gasteiger partial charge in [0.15, 0.2) is 0 Å². The summed E-state index contributed by atoms with van der Waals surface area (Å²) in [6.45, 7) is -2.54. The molecule has 0 aromatic heterocycles. The third kappa shape index (κ3) is 5.60. The molecule has 0 amide bonds. The molecule has 0 spiro atoms. The minimum atomic E-state index is -3.83. The van der Waals surface area contributed by atoms with Gasteiger partial charge in [0.2, 0.25) is 0 Å². The normalized spacial score (nSPS) is 32.7. The lowest BCUT2D eigenvalue weighted by Gasteiger charge is -1.99. The average molecular weight is 155 g/mol. The zero-order valence-electron chi connectivity index (χ0n) is 16.5. The van der Waals surface area contributed by atoms with Crippen LogP contribution in [0, 0.1) is 0 Å². The molecule has 10 heavy (non-hydrogen) atoms. The van der Waals surface area contributed by atoms with Crippen molar-refractivity contribution in [3.8, 4) is 0 Å². The van der Waals surface area contributed by atoms with Crippen LogP contribution in [0.2, 0.25) is 0 Å². The Morgan fingerprint density at radius 3 is 3.10 bits per heavy atom. The third-order valence-electron chi connectivity index (χ3n) is 0.565. The number of esters is 1. The highest BCUT2D eigenvalue weighted by Crippen LogP contribution is 1.99. The van der Waals surface area contributed by atoms with Gasteiger partial charge in [-0.3, -0.25) is 4.79 Å². The van der Waals surface area contributed by atoms with Gasteiger partial charge in [0.25, 0.3) is 0 Å². The van der Waals surface area contributed by atoms with Crippen LogP contribution in [0.25, 0.3) is 0 Å². The quantitative estimate of drug-likeness (QED) is 0.568.